The topological polar surface area (TPSA) is 59.2 Å². The molecule has 0 bridgehead atoms. The zero-order chi connectivity index (χ0) is 18.1. The lowest BCUT2D eigenvalue weighted by Gasteiger charge is -2.25. The average Bonchev–Trinajstić information content (AvgIpc) is 2.96. The van der Waals surface area contributed by atoms with Gasteiger partial charge in [0.1, 0.15) is 6.54 Å². The van der Waals surface area contributed by atoms with Crippen molar-refractivity contribution >= 4 is 23.2 Å². The van der Waals surface area contributed by atoms with Crippen LogP contribution in [0.2, 0.25) is 5.02 Å². The van der Waals surface area contributed by atoms with Crippen LogP contribution in [0, 0.1) is 6.92 Å². The normalized spacial score (nSPS) is 11.6. The van der Waals surface area contributed by atoms with Crippen LogP contribution < -0.4 is 4.90 Å². The Bertz CT molecular complexity index is 747. The SMILES string of the molecule is CCc1c(Cl)ccc(C)c1N(Cc1nnc(C(C)(C)C)o1)C(C)=O. The van der Waals surface area contributed by atoms with Gasteiger partial charge in [-0.15, -0.1) is 10.2 Å². The lowest BCUT2D eigenvalue weighted by molar-refractivity contribution is -0.116. The first kappa shape index (κ1) is 18.5. The van der Waals surface area contributed by atoms with Crippen LogP contribution >= 0.6 is 11.6 Å². The highest BCUT2D eigenvalue weighted by atomic mass is 35.5. The van der Waals surface area contributed by atoms with E-state index in [2.05, 4.69) is 10.2 Å². The molecule has 0 fully saturated rings. The van der Waals surface area contributed by atoms with E-state index in [0.29, 0.717) is 16.8 Å². The first-order valence-electron chi connectivity index (χ1n) is 8.04. The van der Waals surface area contributed by atoms with Crippen molar-refractivity contribution in [2.75, 3.05) is 4.90 Å². The fraction of sp³-hybridized carbons (Fsp3) is 0.500. The monoisotopic (exact) mass is 349 g/mol. The largest absolute Gasteiger partial charge is 0.423 e. The van der Waals surface area contributed by atoms with Gasteiger partial charge in [0.05, 0.1) is 5.69 Å². The van der Waals surface area contributed by atoms with E-state index in [-0.39, 0.29) is 17.9 Å². The predicted octanol–water partition coefficient (Wildman–Crippen LogP) is 4.44. The number of aromatic nitrogens is 2. The first-order valence-corrected chi connectivity index (χ1v) is 8.41. The molecule has 0 unspecified atom stereocenters. The molecule has 0 N–H and O–H groups in total. The molecule has 2 aromatic rings. The van der Waals surface area contributed by atoms with Gasteiger partial charge in [0.2, 0.25) is 17.7 Å². The molecule has 0 aliphatic rings. The number of carbonyl (C=O) groups is 1. The van der Waals surface area contributed by atoms with E-state index in [4.69, 9.17) is 16.0 Å². The Hall–Kier alpha value is -1.88. The molecular formula is C18H24ClN3O2. The van der Waals surface area contributed by atoms with Crippen molar-refractivity contribution in [3.05, 3.63) is 40.1 Å². The summed E-state index contributed by atoms with van der Waals surface area (Å²) in [7, 11) is 0. The summed E-state index contributed by atoms with van der Waals surface area (Å²) in [4.78, 5) is 13.9. The number of benzene rings is 1. The molecule has 0 radical (unpaired) electrons. The summed E-state index contributed by atoms with van der Waals surface area (Å²) in [6.07, 6.45) is 0.733. The number of carbonyl (C=O) groups excluding carboxylic acids is 1. The molecule has 1 aromatic carbocycles. The molecule has 1 heterocycles. The van der Waals surface area contributed by atoms with Gasteiger partial charge in [-0.25, -0.2) is 0 Å². The van der Waals surface area contributed by atoms with E-state index < -0.39 is 0 Å². The van der Waals surface area contributed by atoms with Crippen molar-refractivity contribution in [1.82, 2.24) is 10.2 Å². The number of anilines is 1. The van der Waals surface area contributed by atoms with Gasteiger partial charge in [0.15, 0.2) is 0 Å². The Labute approximate surface area is 148 Å². The summed E-state index contributed by atoms with van der Waals surface area (Å²) in [5.41, 5.74) is 2.53. The highest BCUT2D eigenvalue weighted by Crippen LogP contribution is 2.33. The molecule has 0 saturated carbocycles. The average molecular weight is 350 g/mol. The maximum atomic E-state index is 12.3. The van der Waals surface area contributed by atoms with Crippen molar-refractivity contribution in [2.24, 2.45) is 0 Å². The Morgan fingerprint density at radius 1 is 1.29 bits per heavy atom. The quantitative estimate of drug-likeness (QED) is 0.818. The number of nitrogens with zero attached hydrogens (tertiary/aromatic N) is 3. The van der Waals surface area contributed by atoms with Crippen LogP contribution in [0.25, 0.3) is 0 Å². The second-order valence-corrected chi connectivity index (χ2v) is 7.31. The van der Waals surface area contributed by atoms with Gasteiger partial charge in [0, 0.05) is 17.4 Å². The third kappa shape index (κ3) is 3.78. The zero-order valence-electron chi connectivity index (χ0n) is 15.1. The molecule has 0 atom stereocenters. The van der Waals surface area contributed by atoms with Crippen LogP contribution in [-0.4, -0.2) is 16.1 Å². The molecule has 2 rings (SSSR count). The summed E-state index contributed by atoms with van der Waals surface area (Å²) in [5, 5.41) is 8.85. The molecule has 0 spiro atoms. The minimum absolute atomic E-state index is 0.0921. The van der Waals surface area contributed by atoms with Gasteiger partial charge in [-0.1, -0.05) is 45.4 Å². The summed E-state index contributed by atoms with van der Waals surface area (Å²) in [6, 6.07) is 3.78. The van der Waals surface area contributed by atoms with Crippen LogP contribution in [-0.2, 0) is 23.2 Å². The highest BCUT2D eigenvalue weighted by Gasteiger charge is 2.25. The predicted molar refractivity (Wildman–Crippen MR) is 95.4 cm³/mol. The molecular weight excluding hydrogens is 326 g/mol. The molecule has 130 valence electrons. The van der Waals surface area contributed by atoms with Gasteiger partial charge >= 0.3 is 0 Å². The summed E-state index contributed by atoms with van der Waals surface area (Å²) in [5.74, 6) is 0.877. The van der Waals surface area contributed by atoms with E-state index in [9.17, 15) is 4.79 Å². The van der Waals surface area contributed by atoms with Crippen LogP contribution in [0.1, 0.15) is 57.5 Å². The smallest absolute Gasteiger partial charge is 0.236 e. The number of halogens is 1. The number of hydrogen-bond acceptors (Lipinski definition) is 4. The summed E-state index contributed by atoms with van der Waals surface area (Å²) < 4.78 is 5.74. The molecule has 24 heavy (non-hydrogen) atoms. The second-order valence-electron chi connectivity index (χ2n) is 6.90. The minimum atomic E-state index is -0.229. The minimum Gasteiger partial charge on any atom is -0.423 e. The van der Waals surface area contributed by atoms with Gasteiger partial charge in [-0.05, 0) is 30.5 Å². The van der Waals surface area contributed by atoms with E-state index in [1.54, 1.807) is 4.90 Å². The molecule has 6 heteroatoms. The first-order chi connectivity index (χ1) is 11.1. The van der Waals surface area contributed by atoms with Gasteiger partial charge in [-0.2, -0.15) is 0 Å². The molecule has 0 aliphatic carbocycles. The highest BCUT2D eigenvalue weighted by molar-refractivity contribution is 6.32. The Morgan fingerprint density at radius 3 is 2.46 bits per heavy atom. The van der Waals surface area contributed by atoms with Crippen molar-refractivity contribution < 1.29 is 9.21 Å². The Balaban J connectivity index is 2.44. The van der Waals surface area contributed by atoms with Crippen molar-refractivity contribution in [2.45, 2.75) is 59.9 Å². The van der Waals surface area contributed by atoms with Crippen molar-refractivity contribution in [1.29, 1.82) is 0 Å². The summed E-state index contributed by atoms with van der Waals surface area (Å²) in [6.45, 7) is 11.8. The van der Waals surface area contributed by atoms with Crippen molar-refractivity contribution in [3.63, 3.8) is 0 Å². The lowest BCUT2D eigenvalue weighted by Crippen LogP contribution is -2.29. The maximum absolute atomic E-state index is 12.3. The fourth-order valence-corrected chi connectivity index (χ4v) is 2.83. The van der Waals surface area contributed by atoms with E-state index in [1.165, 1.54) is 6.92 Å². The van der Waals surface area contributed by atoms with Gasteiger partial charge in [0.25, 0.3) is 0 Å². The lowest BCUT2D eigenvalue weighted by atomic mass is 9.97. The van der Waals surface area contributed by atoms with Crippen molar-refractivity contribution in [3.8, 4) is 0 Å². The molecule has 0 saturated heterocycles. The van der Waals surface area contributed by atoms with Gasteiger partial charge in [-0.3, -0.25) is 4.79 Å². The Kier molecular flexibility index (Phi) is 5.33. The molecule has 1 amide bonds. The zero-order valence-corrected chi connectivity index (χ0v) is 15.9. The number of hydrogen-bond donors (Lipinski definition) is 0. The second kappa shape index (κ2) is 6.93. The molecule has 5 nitrogen and oxygen atoms in total. The van der Waals surface area contributed by atoms with E-state index in [1.807, 2.05) is 46.8 Å². The van der Waals surface area contributed by atoms with Crippen LogP contribution in [0.3, 0.4) is 0 Å². The third-order valence-corrected chi connectivity index (χ3v) is 4.19. The van der Waals surface area contributed by atoms with Gasteiger partial charge < -0.3 is 9.32 Å². The number of rotatable bonds is 4. The number of aryl methyl sites for hydroxylation is 1. The number of amides is 1. The summed E-state index contributed by atoms with van der Waals surface area (Å²) >= 11 is 6.33. The maximum Gasteiger partial charge on any atom is 0.236 e. The molecule has 0 aliphatic heterocycles. The molecule has 1 aromatic heterocycles. The standard InChI is InChI=1S/C18H24ClN3O2/c1-7-13-14(19)9-8-11(2)16(13)22(12(3)23)10-15-20-21-17(24-15)18(4,5)6/h8-9H,7,10H2,1-6H3. The van der Waals surface area contributed by atoms with E-state index >= 15 is 0 Å². The third-order valence-electron chi connectivity index (χ3n) is 3.83. The fourth-order valence-electron chi connectivity index (χ4n) is 2.54. The van der Waals surface area contributed by atoms with Crippen LogP contribution in [0.15, 0.2) is 16.5 Å². The van der Waals surface area contributed by atoms with Crippen LogP contribution in [0.5, 0.6) is 0 Å². The Morgan fingerprint density at radius 2 is 1.96 bits per heavy atom. The van der Waals surface area contributed by atoms with Crippen LogP contribution in [0.4, 0.5) is 5.69 Å². The van der Waals surface area contributed by atoms with E-state index in [0.717, 1.165) is 23.2 Å².